The maximum atomic E-state index is 12.5. The summed E-state index contributed by atoms with van der Waals surface area (Å²) in [5.74, 6) is 0.733. The molecule has 2 aromatic rings. The van der Waals surface area contributed by atoms with E-state index in [0.717, 1.165) is 27.4 Å². The topological polar surface area (TPSA) is 87.8 Å². The van der Waals surface area contributed by atoms with Crippen LogP contribution in [0.25, 0.3) is 0 Å². The summed E-state index contributed by atoms with van der Waals surface area (Å²) in [6.45, 7) is 6.02. The molecule has 0 amide bonds. The van der Waals surface area contributed by atoms with Crippen molar-refractivity contribution in [2.24, 2.45) is 5.10 Å². The van der Waals surface area contributed by atoms with E-state index in [1.807, 2.05) is 26.0 Å². The summed E-state index contributed by atoms with van der Waals surface area (Å²) >= 11 is 6.57. The molecule has 8 nitrogen and oxygen atoms in total. The Balaban J connectivity index is 2.39. The lowest BCUT2D eigenvalue weighted by Crippen LogP contribution is -2.23. The van der Waals surface area contributed by atoms with Gasteiger partial charge in [0.15, 0.2) is 0 Å². The lowest BCUT2D eigenvalue weighted by molar-refractivity contribution is 0.280. The molecule has 1 aromatic carbocycles. The average molecular weight is 428 g/mol. The van der Waals surface area contributed by atoms with Gasteiger partial charge in [0.05, 0.1) is 26.5 Å². The first kappa shape index (κ1) is 21.7. The van der Waals surface area contributed by atoms with Crippen molar-refractivity contribution in [2.75, 3.05) is 20.3 Å². The Morgan fingerprint density at radius 1 is 1.22 bits per heavy atom. The number of aromatic nitrogens is 3. The first-order chi connectivity index (χ1) is 12.9. The van der Waals surface area contributed by atoms with Gasteiger partial charge < -0.3 is 13.8 Å². The van der Waals surface area contributed by atoms with Crippen molar-refractivity contribution in [3.8, 4) is 5.75 Å². The van der Waals surface area contributed by atoms with Crippen LogP contribution >= 0.6 is 17.1 Å². The van der Waals surface area contributed by atoms with E-state index in [9.17, 15) is 4.79 Å². The predicted molar refractivity (Wildman–Crippen MR) is 110 cm³/mol. The van der Waals surface area contributed by atoms with Crippen molar-refractivity contribution in [1.82, 2.24) is 14.9 Å². The molecular formula is C16H21N4O4PS2. The summed E-state index contributed by atoms with van der Waals surface area (Å²) < 4.78 is 17.5. The molecule has 0 aliphatic rings. The highest BCUT2D eigenvalue weighted by atomic mass is 32.9. The van der Waals surface area contributed by atoms with Crippen molar-refractivity contribution in [3.63, 3.8) is 0 Å². The zero-order valence-corrected chi connectivity index (χ0v) is 18.0. The normalized spacial score (nSPS) is 11.9. The molecule has 1 aromatic heterocycles. The molecule has 0 aliphatic carbocycles. The molecule has 0 fully saturated rings. The summed E-state index contributed by atoms with van der Waals surface area (Å²) in [5, 5.41) is 12.5. The summed E-state index contributed by atoms with van der Waals surface area (Å²) in [6, 6.07) is 7.26. The second kappa shape index (κ2) is 10.1. The molecule has 0 saturated heterocycles. The van der Waals surface area contributed by atoms with Gasteiger partial charge in [-0.05, 0) is 62.4 Å². The van der Waals surface area contributed by atoms with Crippen LogP contribution in [0.4, 0.5) is 0 Å². The molecular weight excluding hydrogens is 407 g/mol. The van der Waals surface area contributed by atoms with E-state index >= 15 is 0 Å². The van der Waals surface area contributed by atoms with Crippen molar-refractivity contribution in [2.45, 2.75) is 25.9 Å². The molecule has 0 saturated carbocycles. The molecule has 0 atom stereocenters. The van der Waals surface area contributed by atoms with Gasteiger partial charge in [-0.1, -0.05) is 0 Å². The van der Waals surface area contributed by atoms with Gasteiger partial charge in [0.2, 0.25) is 5.16 Å². The highest BCUT2D eigenvalue weighted by Crippen LogP contribution is 2.63. The molecule has 2 rings (SSSR count). The molecule has 146 valence electrons. The number of nitrogens with zero attached hydrogens (tertiary/aromatic N) is 4. The third kappa shape index (κ3) is 5.95. The van der Waals surface area contributed by atoms with Crippen LogP contribution < -0.4 is 10.3 Å². The number of rotatable bonds is 9. The minimum atomic E-state index is -2.71. The van der Waals surface area contributed by atoms with Crippen LogP contribution in [0.15, 0.2) is 39.3 Å². The first-order valence-corrected chi connectivity index (χ1v) is 12.2. The molecule has 1 heterocycles. The molecule has 11 heteroatoms. The number of hydrogen-bond acceptors (Lipinski definition) is 9. The number of aryl methyl sites for hydroxylation is 1. The average Bonchev–Trinajstić information content (AvgIpc) is 2.65. The Morgan fingerprint density at radius 3 is 2.41 bits per heavy atom. The van der Waals surface area contributed by atoms with Gasteiger partial charge in [0.1, 0.15) is 11.4 Å². The molecule has 0 radical (unpaired) electrons. The highest BCUT2D eigenvalue weighted by molar-refractivity contribution is 8.67. The summed E-state index contributed by atoms with van der Waals surface area (Å²) in [5.41, 5.74) is -2.07. The van der Waals surface area contributed by atoms with Crippen LogP contribution in [-0.4, -0.2) is 41.4 Å². The van der Waals surface area contributed by atoms with Crippen LogP contribution in [0.5, 0.6) is 5.75 Å². The number of hydrogen-bond donors (Lipinski definition) is 0. The molecule has 0 bridgehead atoms. The number of methoxy groups -OCH3 is 1. The van der Waals surface area contributed by atoms with E-state index in [-0.39, 0.29) is 16.4 Å². The lowest BCUT2D eigenvalue weighted by atomic mass is 10.2. The largest absolute Gasteiger partial charge is 0.497 e. The lowest BCUT2D eigenvalue weighted by Gasteiger charge is -2.19. The Labute approximate surface area is 166 Å². The third-order valence-corrected chi connectivity index (χ3v) is 8.06. The van der Waals surface area contributed by atoms with Crippen molar-refractivity contribution >= 4 is 35.1 Å². The van der Waals surface area contributed by atoms with Crippen LogP contribution in [0.1, 0.15) is 25.1 Å². The van der Waals surface area contributed by atoms with Gasteiger partial charge in [-0.3, -0.25) is 4.79 Å². The fourth-order valence-electron chi connectivity index (χ4n) is 1.92. The van der Waals surface area contributed by atoms with E-state index in [1.54, 1.807) is 32.4 Å². The molecule has 0 aliphatic heterocycles. The minimum Gasteiger partial charge on any atom is -0.497 e. The van der Waals surface area contributed by atoms with Gasteiger partial charge in [-0.2, -0.15) is 9.78 Å². The van der Waals surface area contributed by atoms with Crippen molar-refractivity contribution in [3.05, 3.63) is 45.9 Å². The molecule has 0 spiro atoms. The number of benzene rings is 1. The Bertz CT molecular complexity index is 892. The SMILES string of the molecule is CCOP(=S)(OCC)Sc1nnc(C)c(=O)n1/N=C/c1ccc(OC)cc1. The zero-order valence-electron chi connectivity index (χ0n) is 15.5. The zero-order chi connectivity index (χ0) is 19.9. The van der Waals surface area contributed by atoms with Gasteiger partial charge in [0, 0.05) is 11.4 Å². The fraction of sp³-hybridized carbons (Fsp3) is 0.375. The monoisotopic (exact) mass is 428 g/mol. The van der Waals surface area contributed by atoms with Gasteiger partial charge >= 0.3 is 0 Å². The maximum Gasteiger partial charge on any atom is 0.296 e. The summed E-state index contributed by atoms with van der Waals surface area (Å²) in [6.07, 6.45) is 1.55. The van der Waals surface area contributed by atoms with Crippen LogP contribution in [0.3, 0.4) is 0 Å². The van der Waals surface area contributed by atoms with E-state index < -0.39 is 5.69 Å². The van der Waals surface area contributed by atoms with E-state index in [2.05, 4.69) is 15.3 Å². The second-order valence-corrected chi connectivity index (χ2v) is 11.2. The maximum absolute atomic E-state index is 12.5. The van der Waals surface area contributed by atoms with E-state index in [1.165, 1.54) is 0 Å². The first-order valence-electron chi connectivity index (χ1n) is 8.16. The van der Waals surface area contributed by atoms with Gasteiger partial charge in [-0.15, -0.1) is 10.2 Å². The molecule has 0 N–H and O–H groups in total. The quantitative estimate of drug-likeness (QED) is 0.444. The Kier molecular flexibility index (Phi) is 8.12. The summed E-state index contributed by atoms with van der Waals surface area (Å²) in [7, 11) is 1.60. The minimum absolute atomic E-state index is 0.223. The van der Waals surface area contributed by atoms with E-state index in [0.29, 0.717) is 13.2 Å². The van der Waals surface area contributed by atoms with Gasteiger partial charge in [0.25, 0.3) is 11.3 Å². The smallest absolute Gasteiger partial charge is 0.296 e. The highest BCUT2D eigenvalue weighted by Gasteiger charge is 2.24. The summed E-state index contributed by atoms with van der Waals surface area (Å²) in [4.78, 5) is 12.5. The Morgan fingerprint density at radius 2 is 1.85 bits per heavy atom. The van der Waals surface area contributed by atoms with Crippen molar-refractivity contribution in [1.29, 1.82) is 0 Å². The van der Waals surface area contributed by atoms with Crippen LogP contribution in [0.2, 0.25) is 0 Å². The Hall–Kier alpha value is -1.58. The van der Waals surface area contributed by atoms with E-state index in [4.69, 9.17) is 25.6 Å². The number of ether oxygens (including phenoxy) is 1. The van der Waals surface area contributed by atoms with Crippen LogP contribution in [-0.2, 0) is 20.9 Å². The molecule has 27 heavy (non-hydrogen) atoms. The third-order valence-electron chi connectivity index (χ3n) is 3.17. The fourth-order valence-corrected chi connectivity index (χ4v) is 6.34. The van der Waals surface area contributed by atoms with Gasteiger partial charge in [-0.25, -0.2) is 0 Å². The standard InChI is InChI=1S/C16H21N4O4PS2/c1-5-23-25(26,24-6-2)27-16-19-18-12(3)15(21)20(16)17-11-13-7-9-14(22-4)10-8-13/h7-11H,5-6H2,1-4H3/b17-11+. The molecule has 0 unspecified atom stereocenters. The van der Waals surface area contributed by atoms with Crippen LogP contribution in [0, 0.1) is 6.92 Å². The van der Waals surface area contributed by atoms with Crippen molar-refractivity contribution < 1.29 is 13.8 Å². The second-order valence-electron chi connectivity index (χ2n) is 5.08. The predicted octanol–water partition coefficient (Wildman–Crippen LogP) is 3.23.